The maximum atomic E-state index is 10.4. The number of carbonyl (C=O) groups excluding carboxylic acids is 4. The molecule has 0 bridgehead atoms. The quantitative estimate of drug-likeness (QED) is 0.426. The minimum absolute atomic E-state index is 0. The summed E-state index contributed by atoms with van der Waals surface area (Å²) in [6.07, 6.45) is 0. The topological polar surface area (TPSA) is 161 Å². The maximum Gasteiger partial charge on any atom is 2.00 e. The minimum atomic E-state index is -1.33. The van der Waals surface area contributed by atoms with Crippen LogP contribution in [0.4, 0.5) is 0 Å². The van der Waals surface area contributed by atoms with Crippen LogP contribution in [-0.4, -0.2) is 23.9 Å². The van der Waals surface area contributed by atoms with E-state index in [-0.39, 0.29) is 61.2 Å². The number of hydrogen-bond acceptors (Lipinski definition) is 8. The van der Waals surface area contributed by atoms with Crippen LogP contribution in [-0.2, 0) is 39.0 Å². The molecule has 2 aromatic carbocycles. The Labute approximate surface area is 185 Å². The number of hydrogen-bond donors (Lipinski definition) is 0. The second kappa shape index (κ2) is 12.1. The molecular weight excluding hydrogens is 475 g/mol. The summed E-state index contributed by atoms with van der Waals surface area (Å²) in [5, 5.41) is 41.6. The van der Waals surface area contributed by atoms with Gasteiger partial charge in [-0.05, 0) is 48.2 Å². The van der Waals surface area contributed by atoms with Crippen molar-refractivity contribution in [3.05, 3.63) is 69.8 Å². The van der Waals surface area contributed by atoms with Crippen LogP contribution >= 0.6 is 0 Å². The maximum absolute atomic E-state index is 10.4. The first-order valence-electron chi connectivity index (χ1n) is 7.11. The summed E-state index contributed by atoms with van der Waals surface area (Å²) < 4.78 is 0. The van der Waals surface area contributed by atoms with Gasteiger partial charge in [-0.15, -0.1) is 0 Å². The molecule has 0 unspecified atom stereocenters. The Morgan fingerprint density at radius 3 is 1.04 bits per heavy atom. The number of aryl methyl sites for hydroxylation is 2. The molecule has 136 valence electrons. The van der Waals surface area contributed by atoms with E-state index in [0.717, 1.165) is 0 Å². The van der Waals surface area contributed by atoms with E-state index in [1.54, 1.807) is 0 Å². The molecule has 28 heavy (non-hydrogen) atoms. The Morgan fingerprint density at radius 1 is 0.571 bits per heavy atom. The van der Waals surface area contributed by atoms with Crippen LogP contribution in [0.5, 0.6) is 0 Å². The summed E-state index contributed by atoms with van der Waals surface area (Å²) in [5.74, 6) is -5.29. The van der Waals surface area contributed by atoms with E-state index in [2.05, 4.69) is 0 Å². The molecule has 0 aliphatic carbocycles. The van der Waals surface area contributed by atoms with Crippen LogP contribution < -0.4 is 20.4 Å². The fourth-order valence-corrected chi connectivity index (χ4v) is 2.04. The molecule has 0 spiro atoms. The average Bonchev–Trinajstić information content (AvgIpc) is 2.54. The Bertz CT molecular complexity index is 820. The largest absolute Gasteiger partial charge is 2.00 e. The van der Waals surface area contributed by atoms with Crippen LogP contribution in [0.15, 0.2) is 36.4 Å². The van der Waals surface area contributed by atoms with E-state index < -0.39 is 23.9 Å². The third-order valence-corrected chi connectivity index (χ3v) is 3.36. The normalized spacial score (nSPS) is 8.93. The van der Waals surface area contributed by atoms with Gasteiger partial charge in [0, 0.05) is 11.1 Å². The van der Waals surface area contributed by atoms with Crippen LogP contribution in [0.2, 0.25) is 0 Å². The van der Waals surface area contributed by atoms with Gasteiger partial charge < -0.3 is 39.6 Å². The molecule has 8 nitrogen and oxygen atoms in total. The van der Waals surface area contributed by atoms with Gasteiger partial charge >= 0.3 is 39.0 Å². The summed E-state index contributed by atoms with van der Waals surface area (Å²) in [5.41, 5.74) is 0.600. The van der Waals surface area contributed by atoms with Crippen molar-refractivity contribution in [2.24, 2.45) is 0 Å². The van der Waals surface area contributed by atoms with Crippen LogP contribution in [0, 0.1) is 13.8 Å². The van der Waals surface area contributed by atoms with Crippen LogP contribution in [0.3, 0.4) is 0 Å². The molecule has 0 heterocycles. The zero-order chi connectivity index (χ0) is 20.0. The van der Waals surface area contributed by atoms with Crippen molar-refractivity contribution in [3.63, 3.8) is 0 Å². The van der Waals surface area contributed by atoms with Gasteiger partial charge in [-0.2, -0.15) is 0 Å². The summed E-state index contributed by atoms with van der Waals surface area (Å²) >= 11 is 0. The number of benzene rings is 2. The number of carbonyl (C=O) groups is 4. The Hall–Kier alpha value is -2.43. The van der Waals surface area contributed by atoms with Gasteiger partial charge in [-0.3, -0.25) is 0 Å². The standard InChI is InChI=1S/2C9H8O4.2Zn/c2*1-5-4-6(8(10)11)2-3-7(5)9(12)13;;/h2*2-4H,1H3,(H,10,11)(H,12,13);;/q;;2*+2/p-4. The van der Waals surface area contributed by atoms with Crippen molar-refractivity contribution in [2.75, 3.05) is 0 Å². The van der Waals surface area contributed by atoms with Crippen LogP contribution in [0.25, 0.3) is 0 Å². The molecule has 0 amide bonds. The fraction of sp³-hybridized carbons (Fsp3) is 0.111. The Balaban J connectivity index is 0. The number of aromatic carboxylic acids is 4. The van der Waals surface area contributed by atoms with E-state index in [1.807, 2.05) is 0 Å². The van der Waals surface area contributed by atoms with Gasteiger partial charge in [0.2, 0.25) is 0 Å². The molecule has 0 aromatic heterocycles. The molecule has 0 aliphatic rings. The fourth-order valence-electron chi connectivity index (χ4n) is 2.04. The predicted octanol–water partition coefficient (Wildman–Crippen LogP) is -2.56. The van der Waals surface area contributed by atoms with Gasteiger partial charge in [0.25, 0.3) is 0 Å². The molecule has 2 rings (SSSR count). The molecule has 0 N–H and O–H groups in total. The second-order valence-corrected chi connectivity index (χ2v) is 5.21. The Morgan fingerprint density at radius 2 is 0.857 bits per heavy atom. The molecule has 10 heteroatoms. The molecule has 0 aliphatic heterocycles. The summed E-state index contributed by atoms with van der Waals surface area (Å²) in [7, 11) is 0. The monoisotopic (exact) mass is 484 g/mol. The van der Waals surface area contributed by atoms with Crippen molar-refractivity contribution in [1.29, 1.82) is 0 Å². The number of rotatable bonds is 4. The molecule has 0 radical (unpaired) electrons. The molecule has 2 aromatic rings. The Kier molecular flexibility index (Phi) is 12.0. The molecule has 0 saturated carbocycles. The molecule has 0 fully saturated rings. The van der Waals surface area contributed by atoms with E-state index >= 15 is 0 Å². The molecule has 0 saturated heterocycles. The van der Waals surface area contributed by atoms with E-state index in [9.17, 15) is 39.6 Å². The first-order valence-corrected chi connectivity index (χ1v) is 7.11. The first-order chi connectivity index (χ1) is 12.0. The first kappa shape index (κ1) is 27.8. The predicted molar refractivity (Wildman–Crippen MR) is 79.7 cm³/mol. The van der Waals surface area contributed by atoms with Crippen molar-refractivity contribution in [3.8, 4) is 0 Å². The van der Waals surface area contributed by atoms with Crippen molar-refractivity contribution in [2.45, 2.75) is 13.8 Å². The van der Waals surface area contributed by atoms with Crippen LogP contribution in [0.1, 0.15) is 52.6 Å². The van der Waals surface area contributed by atoms with Crippen molar-refractivity contribution in [1.82, 2.24) is 0 Å². The van der Waals surface area contributed by atoms with E-state index in [1.165, 1.54) is 50.2 Å². The van der Waals surface area contributed by atoms with Crippen molar-refractivity contribution < 1.29 is 78.6 Å². The van der Waals surface area contributed by atoms with Crippen molar-refractivity contribution >= 4 is 23.9 Å². The average molecular weight is 487 g/mol. The summed E-state index contributed by atoms with van der Waals surface area (Å²) in [6.45, 7) is 3.00. The SMILES string of the molecule is Cc1cc(C(=O)[O-])ccc1C(=O)[O-].Cc1cc(C(=O)[O-])ccc1C(=O)[O-].[Zn+2].[Zn+2]. The van der Waals surface area contributed by atoms with Gasteiger partial charge in [-0.1, -0.05) is 24.3 Å². The number of carboxylic acid groups (broad SMARTS) is 4. The third kappa shape index (κ3) is 7.67. The summed E-state index contributed by atoms with van der Waals surface area (Å²) in [4.78, 5) is 41.6. The van der Waals surface area contributed by atoms with Gasteiger partial charge in [-0.25, -0.2) is 0 Å². The summed E-state index contributed by atoms with van der Waals surface area (Å²) in [6, 6.07) is 7.20. The molecular formula is C18H12O8Zn2. The minimum Gasteiger partial charge on any atom is -0.545 e. The second-order valence-electron chi connectivity index (χ2n) is 5.21. The van der Waals surface area contributed by atoms with Gasteiger partial charge in [0.1, 0.15) is 0 Å². The zero-order valence-corrected chi connectivity index (χ0v) is 21.1. The zero-order valence-electron chi connectivity index (χ0n) is 15.1. The molecule has 0 atom stereocenters. The third-order valence-electron chi connectivity index (χ3n) is 3.36. The van der Waals surface area contributed by atoms with Gasteiger partial charge in [0.05, 0.1) is 23.9 Å². The van der Waals surface area contributed by atoms with Gasteiger partial charge in [0.15, 0.2) is 0 Å². The number of carboxylic acids is 4. The smallest absolute Gasteiger partial charge is 0.545 e. The van der Waals surface area contributed by atoms with E-state index in [0.29, 0.717) is 11.1 Å². The van der Waals surface area contributed by atoms with E-state index in [4.69, 9.17) is 0 Å².